The standard InChI is InChI=1S/C13H16Cl2N2O3/c1-3-20-13(19)16-7-8-17(9(2)18)12-10(14)5-4-6-11(12)15/h4-6H,3,7-8H2,1-2H3,(H,16,19). The Bertz CT molecular complexity index is 474. The van der Waals surface area contributed by atoms with Crippen LogP contribution in [0.3, 0.4) is 0 Å². The molecule has 0 aliphatic heterocycles. The highest BCUT2D eigenvalue weighted by atomic mass is 35.5. The van der Waals surface area contributed by atoms with Gasteiger partial charge in [-0.2, -0.15) is 0 Å². The first-order valence-corrected chi connectivity index (χ1v) is 6.85. The lowest BCUT2D eigenvalue weighted by atomic mass is 10.2. The summed E-state index contributed by atoms with van der Waals surface area (Å²) in [5.74, 6) is -0.217. The minimum atomic E-state index is -0.527. The van der Waals surface area contributed by atoms with E-state index in [2.05, 4.69) is 5.32 Å². The van der Waals surface area contributed by atoms with Gasteiger partial charge in [0.15, 0.2) is 0 Å². The third kappa shape index (κ3) is 4.58. The minimum Gasteiger partial charge on any atom is -0.450 e. The van der Waals surface area contributed by atoms with Crippen LogP contribution >= 0.6 is 23.2 Å². The molecule has 0 aliphatic rings. The summed E-state index contributed by atoms with van der Waals surface area (Å²) < 4.78 is 4.73. The number of para-hydroxylation sites is 1. The van der Waals surface area contributed by atoms with Crippen molar-refractivity contribution in [1.82, 2.24) is 5.32 Å². The average Bonchev–Trinajstić information content (AvgIpc) is 2.36. The molecule has 110 valence electrons. The SMILES string of the molecule is CCOC(=O)NCCN(C(C)=O)c1c(Cl)cccc1Cl. The highest BCUT2D eigenvalue weighted by molar-refractivity contribution is 6.39. The van der Waals surface area contributed by atoms with Crippen molar-refractivity contribution in [1.29, 1.82) is 0 Å². The van der Waals surface area contributed by atoms with Crippen LogP contribution in [0, 0.1) is 0 Å². The molecule has 7 heteroatoms. The van der Waals surface area contributed by atoms with E-state index in [9.17, 15) is 9.59 Å². The molecule has 1 aromatic carbocycles. The van der Waals surface area contributed by atoms with Crippen molar-refractivity contribution in [3.05, 3.63) is 28.2 Å². The molecule has 0 bridgehead atoms. The maximum absolute atomic E-state index is 11.7. The van der Waals surface area contributed by atoms with Gasteiger partial charge in [-0.3, -0.25) is 4.79 Å². The van der Waals surface area contributed by atoms with Gasteiger partial charge < -0.3 is 15.0 Å². The van der Waals surface area contributed by atoms with Gasteiger partial charge in [-0.1, -0.05) is 29.3 Å². The number of ether oxygens (including phenoxy) is 1. The van der Waals surface area contributed by atoms with Crippen LogP contribution in [0.2, 0.25) is 10.0 Å². The Morgan fingerprint density at radius 1 is 1.30 bits per heavy atom. The van der Waals surface area contributed by atoms with Gasteiger partial charge in [-0.05, 0) is 19.1 Å². The van der Waals surface area contributed by atoms with E-state index in [0.29, 0.717) is 22.3 Å². The maximum Gasteiger partial charge on any atom is 0.407 e. The quantitative estimate of drug-likeness (QED) is 0.907. The summed E-state index contributed by atoms with van der Waals surface area (Å²) in [4.78, 5) is 24.3. The Balaban J connectivity index is 2.76. The molecule has 1 N–H and O–H groups in total. The largest absolute Gasteiger partial charge is 0.450 e. The highest BCUT2D eigenvalue weighted by Gasteiger charge is 2.18. The number of rotatable bonds is 5. The Kier molecular flexibility index (Phi) is 6.61. The van der Waals surface area contributed by atoms with Crippen molar-refractivity contribution in [3.63, 3.8) is 0 Å². The van der Waals surface area contributed by atoms with Crippen LogP contribution in [-0.4, -0.2) is 31.7 Å². The molecule has 0 spiro atoms. The summed E-state index contributed by atoms with van der Waals surface area (Å²) in [6, 6.07) is 5.00. The lowest BCUT2D eigenvalue weighted by Crippen LogP contribution is -2.38. The molecule has 0 radical (unpaired) electrons. The third-order valence-electron chi connectivity index (χ3n) is 2.47. The summed E-state index contributed by atoms with van der Waals surface area (Å²) in [7, 11) is 0. The lowest BCUT2D eigenvalue weighted by Gasteiger charge is -2.23. The van der Waals surface area contributed by atoms with Gasteiger partial charge in [-0.25, -0.2) is 4.79 Å². The van der Waals surface area contributed by atoms with Crippen molar-refractivity contribution < 1.29 is 14.3 Å². The van der Waals surface area contributed by atoms with Gasteiger partial charge in [0.2, 0.25) is 5.91 Å². The van der Waals surface area contributed by atoms with Crippen molar-refractivity contribution in [2.24, 2.45) is 0 Å². The first kappa shape index (κ1) is 16.6. The zero-order chi connectivity index (χ0) is 15.1. The van der Waals surface area contributed by atoms with Crippen LogP contribution in [-0.2, 0) is 9.53 Å². The fraction of sp³-hybridized carbons (Fsp3) is 0.385. The van der Waals surface area contributed by atoms with E-state index >= 15 is 0 Å². The molecule has 0 aliphatic carbocycles. The van der Waals surface area contributed by atoms with Gasteiger partial charge in [0.25, 0.3) is 0 Å². The number of hydrogen-bond donors (Lipinski definition) is 1. The number of benzene rings is 1. The number of alkyl carbamates (subject to hydrolysis) is 1. The van der Waals surface area contributed by atoms with Crippen LogP contribution < -0.4 is 10.2 Å². The van der Waals surface area contributed by atoms with Crippen LogP contribution in [0.1, 0.15) is 13.8 Å². The van der Waals surface area contributed by atoms with Crippen molar-refractivity contribution in [3.8, 4) is 0 Å². The number of carbonyl (C=O) groups is 2. The normalized spacial score (nSPS) is 10.0. The number of amides is 2. The van der Waals surface area contributed by atoms with E-state index in [1.54, 1.807) is 25.1 Å². The molecular formula is C13H16Cl2N2O3. The minimum absolute atomic E-state index is 0.217. The summed E-state index contributed by atoms with van der Waals surface area (Å²) in [6.07, 6.45) is -0.527. The predicted molar refractivity (Wildman–Crippen MR) is 79.5 cm³/mol. The van der Waals surface area contributed by atoms with Crippen LogP contribution in [0.5, 0.6) is 0 Å². The highest BCUT2D eigenvalue weighted by Crippen LogP contribution is 2.33. The summed E-state index contributed by atoms with van der Waals surface area (Å²) in [6.45, 7) is 3.89. The smallest absolute Gasteiger partial charge is 0.407 e. The summed E-state index contributed by atoms with van der Waals surface area (Å²) >= 11 is 12.1. The van der Waals surface area contributed by atoms with Crippen LogP contribution in [0.15, 0.2) is 18.2 Å². The molecule has 0 aromatic heterocycles. The number of halogens is 2. The molecule has 0 saturated heterocycles. The number of nitrogens with one attached hydrogen (secondary N) is 1. The zero-order valence-corrected chi connectivity index (χ0v) is 12.8. The second kappa shape index (κ2) is 7.97. The molecule has 0 atom stereocenters. The van der Waals surface area contributed by atoms with Gasteiger partial charge in [0.05, 0.1) is 22.3 Å². The Hall–Kier alpha value is -1.46. The van der Waals surface area contributed by atoms with Crippen molar-refractivity contribution in [2.45, 2.75) is 13.8 Å². The van der Waals surface area contributed by atoms with E-state index in [4.69, 9.17) is 27.9 Å². The fourth-order valence-corrected chi connectivity index (χ4v) is 2.23. The van der Waals surface area contributed by atoms with Crippen LogP contribution in [0.4, 0.5) is 10.5 Å². The van der Waals surface area contributed by atoms with E-state index < -0.39 is 6.09 Å². The number of anilines is 1. The van der Waals surface area contributed by atoms with E-state index in [1.165, 1.54) is 11.8 Å². The second-order valence-electron chi connectivity index (χ2n) is 3.89. The van der Waals surface area contributed by atoms with Crippen molar-refractivity contribution >= 4 is 40.9 Å². The van der Waals surface area contributed by atoms with E-state index in [1.807, 2.05) is 0 Å². The Labute approximate surface area is 127 Å². The van der Waals surface area contributed by atoms with E-state index in [0.717, 1.165) is 0 Å². The molecule has 5 nitrogen and oxygen atoms in total. The number of nitrogens with zero attached hydrogens (tertiary/aromatic N) is 1. The van der Waals surface area contributed by atoms with Crippen molar-refractivity contribution in [2.75, 3.05) is 24.6 Å². The molecule has 2 amide bonds. The molecule has 1 rings (SSSR count). The maximum atomic E-state index is 11.7. The average molecular weight is 319 g/mol. The van der Waals surface area contributed by atoms with E-state index in [-0.39, 0.29) is 19.0 Å². The van der Waals surface area contributed by atoms with Gasteiger partial charge in [-0.15, -0.1) is 0 Å². The van der Waals surface area contributed by atoms with Gasteiger partial charge in [0, 0.05) is 20.0 Å². The summed E-state index contributed by atoms with van der Waals surface area (Å²) in [5.41, 5.74) is 0.439. The zero-order valence-electron chi connectivity index (χ0n) is 11.3. The molecular weight excluding hydrogens is 303 g/mol. The topological polar surface area (TPSA) is 58.6 Å². The first-order chi connectivity index (χ1) is 9.47. The first-order valence-electron chi connectivity index (χ1n) is 6.10. The molecule has 0 saturated carbocycles. The third-order valence-corrected chi connectivity index (χ3v) is 3.08. The summed E-state index contributed by atoms with van der Waals surface area (Å²) in [5, 5.41) is 3.29. The molecule has 0 heterocycles. The van der Waals surface area contributed by atoms with Gasteiger partial charge >= 0.3 is 6.09 Å². The Morgan fingerprint density at radius 2 is 1.90 bits per heavy atom. The predicted octanol–water partition coefficient (Wildman–Crippen LogP) is 3.09. The number of hydrogen-bond acceptors (Lipinski definition) is 3. The number of carbonyl (C=O) groups excluding carboxylic acids is 2. The lowest BCUT2D eigenvalue weighted by molar-refractivity contribution is -0.116. The molecule has 0 fully saturated rings. The molecule has 0 unspecified atom stereocenters. The second-order valence-corrected chi connectivity index (χ2v) is 4.70. The Morgan fingerprint density at radius 3 is 2.40 bits per heavy atom. The fourth-order valence-electron chi connectivity index (χ4n) is 1.63. The van der Waals surface area contributed by atoms with Gasteiger partial charge in [0.1, 0.15) is 0 Å². The monoisotopic (exact) mass is 318 g/mol. The molecule has 20 heavy (non-hydrogen) atoms. The molecule has 1 aromatic rings. The van der Waals surface area contributed by atoms with Crippen LogP contribution in [0.25, 0.3) is 0 Å².